The molecule has 2 aromatic rings. The second-order valence-electron chi connectivity index (χ2n) is 5.11. The van der Waals surface area contributed by atoms with E-state index >= 15 is 0 Å². The van der Waals surface area contributed by atoms with Gasteiger partial charge in [-0.2, -0.15) is 0 Å². The standard InChI is InChI=1S/C16H18N2O4/c1-3-12-14(17-9-22-12)16(19)18-11-7-10-5-4-6-13(20-2)15(10)21-8-11/h4-6,9,11H,3,7-8H2,1-2H3,(H,18,19)/t11-/m1/s1. The van der Waals surface area contributed by atoms with E-state index in [1.807, 2.05) is 25.1 Å². The van der Waals surface area contributed by atoms with Crippen molar-refractivity contribution in [3.63, 3.8) is 0 Å². The van der Waals surface area contributed by atoms with Crippen LogP contribution >= 0.6 is 0 Å². The molecule has 1 aromatic carbocycles. The largest absolute Gasteiger partial charge is 0.493 e. The lowest BCUT2D eigenvalue weighted by molar-refractivity contribution is 0.0908. The summed E-state index contributed by atoms with van der Waals surface area (Å²) < 4.78 is 16.2. The van der Waals surface area contributed by atoms with Crippen LogP contribution in [0.3, 0.4) is 0 Å². The zero-order valence-electron chi connectivity index (χ0n) is 12.6. The molecule has 0 bridgehead atoms. The molecule has 1 N–H and O–H groups in total. The number of rotatable bonds is 4. The van der Waals surface area contributed by atoms with E-state index in [1.165, 1.54) is 6.39 Å². The second kappa shape index (κ2) is 6.09. The number of hydrogen-bond acceptors (Lipinski definition) is 5. The van der Waals surface area contributed by atoms with Gasteiger partial charge in [0, 0.05) is 12.0 Å². The van der Waals surface area contributed by atoms with Gasteiger partial charge in [0.1, 0.15) is 12.4 Å². The highest BCUT2D eigenvalue weighted by molar-refractivity contribution is 5.93. The van der Waals surface area contributed by atoms with Crippen molar-refractivity contribution in [1.29, 1.82) is 0 Å². The molecule has 0 radical (unpaired) electrons. The topological polar surface area (TPSA) is 73.6 Å². The number of carbonyl (C=O) groups excluding carboxylic acids is 1. The minimum absolute atomic E-state index is 0.103. The molecule has 6 heteroatoms. The fraction of sp³-hybridized carbons (Fsp3) is 0.375. The van der Waals surface area contributed by atoms with Crippen LogP contribution in [0.2, 0.25) is 0 Å². The number of nitrogens with one attached hydrogen (secondary N) is 1. The van der Waals surface area contributed by atoms with Gasteiger partial charge in [0.05, 0.1) is 13.2 Å². The third-order valence-electron chi connectivity index (χ3n) is 3.69. The van der Waals surface area contributed by atoms with Gasteiger partial charge in [0.15, 0.2) is 23.6 Å². The maximum Gasteiger partial charge on any atom is 0.273 e. The normalized spacial score (nSPS) is 16.5. The molecule has 3 rings (SSSR count). The summed E-state index contributed by atoms with van der Waals surface area (Å²) in [4.78, 5) is 16.3. The van der Waals surface area contributed by atoms with Crippen LogP contribution in [0.25, 0.3) is 0 Å². The Morgan fingerprint density at radius 1 is 1.50 bits per heavy atom. The SMILES string of the molecule is CCc1ocnc1C(=O)N[C@H]1COc2c(cccc2OC)C1. The first-order valence-corrected chi connectivity index (χ1v) is 7.24. The number of methoxy groups -OCH3 is 1. The van der Waals surface area contributed by atoms with Crippen molar-refractivity contribution in [1.82, 2.24) is 10.3 Å². The number of nitrogens with zero attached hydrogens (tertiary/aromatic N) is 1. The van der Waals surface area contributed by atoms with Crippen LogP contribution in [0, 0.1) is 0 Å². The molecule has 6 nitrogen and oxygen atoms in total. The van der Waals surface area contributed by atoms with E-state index in [0.717, 1.165) is 11.3 Å². The molecule has 116 valence electrons. The highest BCUT2D eigenvalue weighted by Crippen LogP contribution is 2.34. The fourth-order valence-corrected chi connectivity index (χ4v) is 2.61. The average molecular weight is 302 g/mol. The number of amides is 1. The molecule has 0 unspecified atom stereocenters. The molecule has 0 saturated carbocycles. The summed E-state index contributed by atoms with van der Waals surface area (Å²) in [6.45, 7) is 2.32. The Morgan fingerprint density at radius 2 is 2.36 bits per heavy atom. The molecule has 0 spiro atoms. The first kappa shape index (κ1) is 14.4. The van der Waals surface area contributed by atoms with Crippen LogP contribution in [-0.4, -0.2) is 30.6 Å². The number of oxazole rings is 1. The third kappa shape index (κ3) is 2.64. The van der Waals surface area contributed by atoms with Gasteiger partial charge < -0.3 is 19.2 Å². The van der Waals surface area contributed by atoms with E-state index in [-0.39, 0.29) is 11.9 Å². The van der Waals surface area contributed by atoms with Crippen molar-refractivity contribution in [2.75, 3.05) is 13.7 Å². The second-order valence-corrected chi connectivity index (χ2v) is 5.11. The Labute approximate surface area is 128 Å². The van der Waals surface area contributed by atoms with Gasteiger partial charge in [-0.1, -0.05) is 19.1 Å². The maximum atomic E-state index is 12.3. The van der Waals surface area contributed by atoms with E-state index in [4.69, 9.17) is 13.9 Å². The first-order chi connectivity index (χ1) is 10.7. The molecule has 1 amide bonds. The molecule has 0 saturated heterocycles. The highest BCUT2D eigenvalue weighted by atomic mass is 16.5. The summed E-state index contributed by atoms with van der Waals surface area (Å²) in [5.74, 6) is 1.83. The predicted octanol–water partition coefficient (Wildman–Crippen LogP) is 1.98. The molecule has 0 aliphatic carbocycles. The Kier molecular flexibility index (Phi) is 4.00. The third-order valence-corrected chi connectivity index (χ3v) is 3.69. The average Bonchev–Trinajstić information content (AvgIpc) is 3.02. The smallest absolute Gasteiger partial charge is 0.273 e. The van der Waals surface area contributed by atoms with Crippen LogP contribution < -0.4 is 14.8 Å². The summed E-state index contributed by atoms with van der Waals surface area (Å²) in [5, 5.41) is 2.95. The number of benzene rings is 1. The maximum absolute atomic E-state index is 12.3. The Morgan fingerprint density at radius 3 is 3.14 bits per heavy atom. The van der Waals surface area contributed by atoms with Crippen molar-refractivity contribution in [2.45, 2.75) is 25.8 Å². The minimum Gasteiger partial charge on any atom is -0.493 e. The van der Waals surface area contributed by atoms with Gasteiger partial charge in [-0.25, -0.2) is 4.98 Å². The molecule has 0 fully saturated rings. The van der Waals surface area contributed by atoms with Gasteiger partial charge >= 0.3 is 0 Å². The zero-order chi connectivity index (χ0) is 15.5. The lowest BCUT2D eigenvalue weighted by atomic mass is 10.0. The van der Waals surface area contributed by atoms with Crippen molar-refractivity contribution >= 4 is 5.91 Å². The summed E-state index contributed by atoms with van der Waals surface area (Å²) in [6.07, 6.45) is 2.62. The summed E-state index contributed by atoms with van der Waals surface area (Å²) in [5.41, 5.74) is 1.37. The molecule has 1 aliphatic heterocycles. The molecule has 1 aliphatic rings. The Balaban J connectivity index is 1.72. The molecule has 22 heavy (non-hydrogen) atoms. The number of ether oxygens (including phenoxy) is 2. The van der Waals surface area contributed by atoms with Gasteiger partial charge in [0.25, 0.3) is 5.91 Å². The van der Waals surface area contributed by atoms with Gasteiger partial charge in [-0.3, -0.25) is 4.79 Å². The van der Waals surface area contributed by atoms with Crippen LogP contribution in [0.1, 0.15) is 28.7 Å². The van der Waals surface area contributed by atoms with Crippen molar-refractivity contribution < 1.29 is 18.7 Å². The summed E-state index contributed by atoms with van der Waals surface area (Å²) in [7, 11) is 1.61. The number of aromatic nitrogens is 1. The molecule has 2 heterocycles. The van der Waals surface area contributed by atoms with E-state index in [1.54, 1.807) is 7.11 Å². The van der Waals surface area contributed by atoms with E-state index < -0.39 is 0 Å². The Hall–Kier alpha value is -2.50. The van der Waals surface area contributed by atoms with Gasteiger partial charge in [-0.05, 0) is 12.5 Å². The number of hydrogen-bond donors (Lipinski definition) is 1. The first-order valence-electron chi connectivity index (χ1n) is 7.24. The predicted molar refractivity (Wildman–Crippen MR) is 79.3 cm³/mol. The highest BCUT2D eigenvalue weighted by Gasteiger charge is 2.25. The van der Waals surface area contributed by atoms with Crippen molar-refractivity contribution in [3.05, 3.63) is 41.6 Å². The lowest BCUT2D eigenvalue weighted by Gasteiger charge is -2.27. The van der Waals surface area contributed by atoms with E-state index in [0.29, 0.717) is 36.7 Å². The van der Waals surface area contributed by atoms with Crippen LogP contribution in [0.15, 0.2) is 29.0 Å². The Bertz CT molecular complexity index is 681. The van der Waals surface area contributed by atoms with Crippen LogP contribution in [0.4, 0.5) is 0 Å². The van der Waals surface area contributed by atoms with Gasteiger partial charge in [-0.15, -0.1) is 0 Å². The monoisotopic (exact) mass is 302 g/mol. The number of aryl methyl sites for hydroxylation is 1. The minimum atomic E-state index is -0.231. The molecular weight excluding hydrogens is 284 g/mol. The quantitative estimate of drug-likeness (QED) is 0.935. The number of fused-ring (bicyclic) bond motifs is 1. The van der Waals surface area contributed by atoms with E-state index in [2.05, 4.69) is 10.3 Å². The molecule has 1 atom stereocenters. The molecule has 1 aromatic heterocycles. The fourth-order valence-electron chi connectivity index (χ4n) is 2.61. The number of carbonyl (C=O) groups is 1. The zero-order valence-corrected chi connectivity index (χ0v) is 12.6. The number of para-hydroxylation sites is 1. The van der Waals surface area contributed by atoms with Crippen molar-refractivity contribution in [3.8, 4) is 11.5 Å². The lowest BCUT2D eigenvalue weighted by Crippen LogP contribution is -2.43. The summed E-state index contributed by atoms with van der Waals surface area (Å²) >= 11 is 0. The van der Waals surface area contributed by atoms with Crippen LogP contribution in [0.5, 0.6) is 11.5 Å². The van der Waals surface area contributed by atoms with E-state index in [9.17, 15) is 4.79 Å². The van der Waals surface area contributed by atoms with Gasteiger partial charge in [0.2, 0.25) is 0 Å². The van der Waals surface area contributed by atoms with Crippen LogP contribution in [-0.2, 0) is 12.8 Å². The molecular formula is C16H18N2O4. The summed E-state index contributed by atoms with van der Waals surface area (Å²) in [6, 6.07) is 5.65. The van der Waals surface area contributed by atoms with Crippen molar-refractivity contribution in [2.24, 2.45) is 0 Å².